The zero-order chi connectivity index (χ0) is 16.1. The van der Waals surface area contributed by atoms with Gasteiger partial charge in [0, 0.05) is 13.0 Å². The Kier molecular flexibility index (Phi) is 5.27. The van der Waals surface area contributed by atoms with Gasteiger partial charge in [0.1, 0.15) is 0 Å². The van der Waals surface area contributed by atoms with Gasteiger partial charge in [-0.3, -0.25) is 4.79 Å². The van der Waals surface area contributed by atoms with Crippen molar-refractivity contribution in [3.05, 3.63) is 58.9 Å². The molecule has 0 fully saturated rings. The van der Waals surface area contributed by atoms with E-state index >= 15 is 0 Å². The Morgan fingerprint density at radius 2 is 1.73 bits per heavy atom. The van der Waals surface area contributed by atoms with E-state index in [0.29, 0.717) is 10.7 Å². The molecule has 0 atom stereocenters. The number of anilines is 2. The van der Waals surface area contributed by atoms with Gasteiger partial charge in [-0.1, -0.05) is 23.7 Å². The number of nitrogens with one attached hydrogen (secondary N) is 2. The molecule has 0 aliphatic heterocycles. The van der Waals surface area contributed by atoms with Gasteiger partial charge in [-0.15, -0.1) is 0 Å². The molecule has 116 valence electrons. The Morgan fingerprint density at radius 1 is 1.00 bits per heavy atom. The number of amides is 1. The second-order valence-corrected chi connectivity index (χ2v) is 4.83. The average molecular weight is 329 g/mol. The first-order chi connectivity index (χ1) is 10.5. The fourth-order valence-electron chi connectivity index (χ4n) is 1.75. The summed E-state index contributed by atoms with van der Waals surface area (Å²) in [7, 11) is 0. The van der Waals surface area contributed by atoms with Crippen LogP contribution in [0.1, 0.15) is 6.42 Å². The molecule has 0 radical (unpaired) electrons. The molecule has 2 N–H and O–H groups in total. The van der Waals surface area contributed by atoms with Crippen LogP contribution in [0.2, 0.25) is 5.02 Å². The van der Waals surface area contributed by atoms with E-state index < -0.39 is 29.0 Å². The maximum absolute atomic E-state index is 13.4. The van der Waals surface area contributed by atoms with Crippen molar-refractivity contribution in [3.63, 3.8) is 0 Å². The molecule has 3 nitrogen and oxygen atoms in total. The third-order valence-corrected chi connectivity index (χ3v) is 3.18. The highest BCUT2D eigenvalue weighted by molar-refractivity contribution is 6.33. The second-order valence-electron chi connectivity index (χ2n) is 4.43. The number of halogens is 4. The molecule has 0 heterocycles. The van der Waals surface area contributed by atoms with Gasteiger partial charge in [0.15, 0.2) is 17.5 Å². The lowest BCUT2D eigenvalue weighted by Gasteiger charge is -2.09. The molecule has 0 aromatic heterocycles. The minimum Gasteiger partial charge on any atom is -0.383 e. The number of benzene rings is 2. The summed E-state index contributed by atoms with van der Waals surface area (Å²) in [6, 6.07) is 8.70. The number of para-hydroxylation sites is 1. The second kappa shape index (κ2) is 7.17. The lowest BCUT2D eigenvalue weighted by Crippen LogP contribution is -2.17. The average Bonchev–Trinajstić information content (AvgIpc) is 2.50. The van der Waals surface area contributed by atoms with E-state index in [0.717, 1.165) is 12.1 Å². The zero-order valence-electron chi connectivity index (χ0n) is 11.3. The van der Waals surface area contributed by atoms with Crippen LogP contribution in [0.4, 0.5) is 24.5 Å². The number of carbonyl (C=O) groups excluding carboxylic acids is 1. The first-order valence-electron chi connectivity index (χ1n) is 6.41. The van der Waals surface area contributed by atoms with Crippen molar-refractivity contribution >= 4 is 28.9 Å². The first kappa shape index (κ1) is 16.2. The van der Waals surface area contributed by atoms with Crippen LogP contribution in [0.3, 0.4) is 0 Å². The molecular weight excluding hydrogens is 317 g/mol. The summed E-state index contributed by atoms with van der Waals surface area (Å²) in [5.41, 5.74) is 0.262. The lowest BCUT2D eigenvalue weighted by molar-refractivity contribution is -0.116. The quantitative estimate of drug-likeness (QED) is 0.808. The fourth-order valence-corrected chi connectivity index (χ4v) is 1.95. The molecule has 22 heavy (non-hydrogen) atoms. The van der Waals surface area contributed by atoms with Gasteiger partial charge >= 0.3 is 0 Å². The molecule has 0 aliphatic rings. The maximum atomic E-state index is 13.4. The smallest absolute Gasteiger partial charge is 0.226 e. The van der Waals surface area contributed by atoms with E-state index in [1.807, 2.05) is 0 Å². The van der Waals surface area contributed by atoms with E-state index in [9.17, 15) is 18.0 Å². The van der Waals surface area contributed by atoms with Gasteiger partial charge in [-0.05, 0) is 24.3 Å². The number of hydrogen-bond donors (Lipinski definition) is 2. The lowest BCUT2D eigenvalue weighted by atomic mass is 10.2. The molecular formula is C15H12ClF3N2O. The van der Waals surface area contributed by atoms with Crippen molar-refractivity contribution in [2.45, 2.75) is 6.42 Å². The fraction of sp³-hybridized carbons (Fsp3) is 0.133. The number of carbonyl (C=O) groups is 1. The van der Waals surface area contributed by atoms with Crippen LogP contribution in [0.5, 0.6) is 0 Å². The molecule has 2 aromatic carbocycles. The highest BCUT2D eigenvalue weighted by atomic mass is 35.5. The largest absolute Gasteiger partial charge is 0.383 e. The van der Waals surface area contributed by atoms with Crippen LogP contribution >= 0.6 is 11.6 Å². The molecule has 2 aromatic rings. The Balaban J connectivity index is 1.89. The Morgan fingerprint density at radius 3 is 2.45 bits per heavy atom. The highest BCUT2D eigenvalue weighted by Crippen LogP contribution is 2.21. The van der Waals surface area contributed by atoms with Crippen LogP contribution in [0.15, 0.2) is 36.4 Å². The van der Waals surface area contributed by atoms with E-state index in [2.05, 4.69) is 10.6 Å². The van der Waals surface area contributed by atoms with Crippen LogP contribution in [-0.4, -0.2) is 12.5 Å². The molecule has 0 saturated carbocycles. The number of rotatable bonds is 5. The van der Waals surface area contributed by atoms with E-state index in [1.165, 1.54) is 0 Å². The van der Waals surface area contributed by atoms with Crippen LogP contribution in [0, 0.1) is 17.5 Å². The van der Waals surface area contributed by atoms with Gasteiger partial charge in [0.25, 0.3) is 0 Å². The van der Waals surface area contributed by atoms with Gasteiger partial charge in [0.05, 0.1) is 16.4 Å². The molecule has 7 heteroatoms. The van der Waals surface area contributed by atoms with E-state index in [-0.39, 0.29) is 13.0 Å². The molecule has 0 aliphatic carbocycles. The standard InChI is InChI=1S/C15H12ClF3N2O/c16-9-3-1-2-4-11(9)20-8-7-13(22)21-12-6-5-10(17)14(18)15(12)19/h1-6,20H,7-8H2,(H,21,22). The molecule has 2 rings (SSSR count). The maximum Gasteiger partial charge on any atom is 0.226 e. The van der Waals surface area contributed by atoms with Gasteiger partial charge in [-0.25, -0.2) is 13.2 Å². The summed E-state index contributed by atoms with van der Waals surface area (Å²) in [4.78, 5) is 11.7. The SMILES string of the molecule is O=C(CCNc1ccccc1Cl)Nc1ccc(F)c(F)c1F. The summed E-state index contributed by atoms with van der Waals surface area (Å²) < 4.78 is 39.2. The summed E-state index contributed by atoms with van der Waals surface area (Å²) in [5.74, 6) is -4.89. The van der Waals surface area contributed by atoms with Crippen LogP contribution < -0.4 is 10.6 Å². The van der Waals surface area contributed by atoms with Crippen molar-refractivity contribution in [1.82, 2.24) is 0 Å². The number of hydrogen-bond acceptors (Lipinski definition) is 2. The molecule has 0 bridgehead atoms. The molecule has 0 unspecified atom stereocenters. The van der Waals surface area contributed by atoms with Crippen molar-refractivity contribution in [3.8, 4) is 0 Å². The van der Waals surface area contributed by atoms with E-state index in [1.54, 1.807) is 24.3 Å². The van der Waals surface area contributed by atoms with Gasteiger partial charge in [-0.2, -0.15) is 0 Å². The molecule has 0 saturated heterocycles. The zero-order valence-corrected chi connectivity index (χ0v) is 12.1. The van der Waals surface area contributed by atoms with Crippen LogP contribution in [0.25, 0.3) is 0 Å². The molecule has 0 spiro atoms. The van der Waals surface area contributed by atoms with Crippen molar-refractivity contribution in [2.24, 2.45) is 0 Å². The topological polar surface area (TPSA) is 41.1 Å². The predicted octanol–water partition coefficient (Wildman–Crippen LogP) is 4.20. The van der Waals surface area contributed by atoms with Crippen molar-refractivity contribution in [1.29, 1.82) is 0 Å². The van der Waals surface area contributed by atoms with Crippen LogP contribution in [-0.2, 0) is 4.79 Å². The molecule has 1 amide bonds. The van der Waals surface area contributed by atoms with E-state index in [4.69, 9.17) is 11.6 Å². The monoisotopic (exact) mass is 328 g/mol. The minimum atomic E-state index is -1.62. The Bertz CT molecular complexity index is 694. The van der Waals surface area contributed by atoms with Gasteiger partial charge < -0.3 is 10.6 Å². The third kappa shape index (κ3) is 3.92. The Hall–Kier alpha value is -2.21. The van der Waals surface area contributed by atoms with Crippen molar-refractivity contribution < 1.29 is 18.0 Å². The first-order valence-corrected chi connectivity index (χ1v) is 6.78. The summed E-state index contributed by atoms with van der Waals surface area (Å²) in [5, 5.41) is 5.64. The van der Waals surface area contributed by atoms with Gasteiger partial charge in [0.2, 0.25) is 5.91 Å². The Labute approximate surface area is 130 Å². The normalized spacial score (nSPS) is 10.4. The predicted molar refractivity (Wildman–Crippen MR) is 79.5 cm³/mol. The minimum absolute atomic E-state index is 0.00363. The summed E-state index contributed by atoms with van der Waals surface area (Å²) in [6.07, 6.45) is 0.00363. The summed E-state index contributed by atoms with van der Waals surface area (Å²) >= 11 is 5.93. The summed E-state index contributed by atoms with van der Waals surface area (Å²) in [6.45, 7) is 0.251. The van der Waals surface area contributed by atoms with Crippen molar-refractivity contribution in [2.75, 3.05) is 17.2 Å². The third-order valence-electron chi connectivity index (χ3n) is 2.85. The highest BCUT2D eigenvalue weighted by Gasteiger charge is 2.15.